The molecule has 0 radical (unpaired) electrons. The van der Waals surface area contributed by atoms with Crippen molar-refractivity contribution in [1.82, 2.24) is 4.90 Å². The fourth-order valence-corrected chi connectivity index (χ4v) is 5.02. The van der Waals surface area contributed by atoms with Crippen molar-refractivity contribution in [3.8, 4) is 0 Å². The Morgan fingerprint density at radius 1 is 1.07 bits per heavy atom. The van der Waals surface area contributed by atoms with Crippen molar-refractivity contribution in [2.45, 2.75) is 32.4 Å². The van der Waals surface area contributed by atoms with Gasteiger partial charge in [0.25, 0.3) is 0 Å². The number of amides is 1. The van der Waals surface area contributed by atoms with Crippen LogP contribution in [0.1, 0.15) is 33.2 Å². The van der Waals surface area contributed by atoms with Gasteiger partial charge in [0, 0.05) is 53.5 Å². The summed E-state index contributed by atoms with van der Waals surface area (Å²) in [5, 5.41) is 0. The molecule has 1 aliphatic carbocycles. The summed E-state index contributed by atoms with van der Waals surface area (Å²) in [7, 11) is 0. The molecule has 2 unspecified atom stereocenters. The van der Waals surface area contributed by atoms with Gasteiger partial charge in [-0.2, -0.15) is 13.2 Å². The van der Waals surface area contributed by atoms with E-state index in [-0.39, 0.29) is 11.8 Å². The van der Waals surface area contributed by atoms with E-state index >= 15 is 0 Å². The van der Waals surface area contributed by atoms with Crippen LogP contribution in [0.25, 0.3) is 0 Å². The second kappa shape index (κ2) is 7.10. The summed E-state index contributed by atoms with van der Waals surface area (Å²) in [4.78, 5) is 19.2. The summed E-state index contributed by atoms with van der Waals surface area (Å²) in [5.74, 6) is 0.603. The number of rotatable bonds is 3. The minimum Gasteiger partial charge on any atom is -0.368 e. The van der Waals surface area contributed by atoms with Gasteiger partial charge >= 0.3 is 6.18 Å². The molecule has 28 heavy (non-hydrogen) atoms. The van der Waals surface area contributed by atoms with Crippen molar-refractivity contribution in [3.63, 3.8) is 0 Å². The molecule has 0 N–H and O–H groups in total. The molecule has 150 valence electrons. The molecule has 1 amide bonds. The van der Waals surface area contributed by atoms with Gasteiger partial charge in [0.2, 0.25) is 5.91 Å². The van der Waals surface area contributed by atoms with E-state index in [1.165, 1.54) is 21.9 Å². The number of hydrogen-bond donors (Lipinski definition) is 0. The molecule has 2 aliphatic rings. The van der Waals surface area contributed by atoms with Crippen LogP contribution in [0.5, 0.6) is 0 Å². The van der Waals surface area contributed by atoms with Crippen LogP contribution in [0.4, 0.5) is 18.9 Å². The second-order valence-corrected chi connectivity index (χ2v) is 9.03. The number of carbonyl (C=O) groups is 1. The Hall–Kier alpha value is -2.02. The van der Waals surface area contributed by atoms with Crippen LogP contribution in [0.3, 0.4) is 0 Å². The molecule has 1 saturated heterocycles. The molecule has 0 bridgehead atoms. The minimum atomic E-state index is -4.35. The van der Waals surface area contributed by atoms with Crippen molar-refractivity contribution >= 4 is 22.9 Å². The minimum absolute atomic E-state index is 0.0693. The number of alkyl halides is 3. The summed E-state index contributed by atoms with van der Waals surface area (Å²) in [6.45, 7) is 6.13. The van der Waals surface area contributed by atoms with Gasteiger partial charge in [0.1, 0.15) is 0 Å². The maximum Gasteiger partial charge on any atom is 0.416 e. The lowest BCUT2D eigenvalue weighted by atomic mass is 10.1. The van der Waals surface area contributed by atoms with Gasteiger partial charge in [0.15, 0.2) is 0 Å². The topological polar surface area (TPSA) is 23.6 Å². The highest BCUT2D eigenvalue weighted by Gasteiger charge is 2.46. The van der Waals surface area contributed by atoms with E-state index in [1.807, 2.05) is 16.7 Å². The molecule has 4 rings (SSSR count). The Labute approximate surface area is 166 Å². The highest BCUT2D eigenvalue weighted by Crippen LogP contribution is 2.50. The van der Waals surface area contributed by atoms with Crippen molar-refractivity contribution < 1.29 is 18.0 Å². The Morgan fingerprint density at radius 3 is 2.39 bits per heavy atom. The van der Waals surface area contributed by atoms with Gasteiger partial charge in [-0.3, -0.25) is 4.79 Å². The molecule has 1 aromatic heterocycles. The molecule has 2 heterocycles. The molecule has 2 fully saturated rings. The zero-order chi connectivity index (χ0) is 20.1. The SMILES string of the molecule is Cc1ccc(C2CC2C(=O)N2CCN(c3cc(C(F)(F)F)ccc3C)CC2)s1. The number of thiophene rings is 1. The van der Waals surface area contributed by atoms with E-state index in [2.05, 4.69) is 19.1 Å². The fraction of sp³-hybridized carbons (Fsp3) is 0.476. The van der Waals surface area contributed by atoms with E-state index in [0.717, 1.165) is 18.1 Å². The number of nitrogens with zero attached hydrogens (tertiary/aromatic N) is 2. The number of carbonyl (C=O) groups excluding carboxylic acids is 1. The van der Waals surface area contributed by atoms with Gasteiger partial charge in [-0.25, -0.2) is 0 Å². The Bertz CT molecular complexity index is 884. The first-order valence-corrected chi connectivity index (χ1v) is 10.3. The van der Waals surface area contributed by atoms with E-state index in [1.54, 1.807) is 11.3 Å². The summed E-state index contributed by atoms with van der Waals surface area (Å²) in [6, 6.07) is 8.08. The van der Waals surface area contributed by atoms with Crippen LogP contribution in [0.2, 0.25) is 0 Å². The standard InChI is InChI=1S/C21H23F3N2OS/c1-13-3-5-15(21(22,23)24)11-18(13)25-7-9-26(10-8-25)20(27)17-12-16(17)19-6-4-14(2)28-19/h3-6,11,16-17H,7-10,12H2,1-2H3. The highest BCUT2D eigenvalue weighted by molar-refractivity contribution is 7.12. The number of aryl methyl sites for hydroxylation is 2. The predicted octanol–water partition coefficient (Wildman–Crippen LogP) is 4.84. The van der Waals surface area contributed by atoms with Crippen LogP contribution in [-0.2, 0) is 11.0 Å². The molecule has 0 spiro atoms. The smallest absolute Gasteiger partial charge is 0.368 e. The molecule has 1 aliphatic heterocycles. The molecule has 1 saturated carbocycles. The fourth-order valence-electron chi connectivity index (χ4n) is 3.96. The predicted molar refractivity (Wildman–Crippen MR) is 105 cm³/mol. The van der Waals surface area contributed by atoms with Gasteiger partial charge in [-0.05, 0) is 50.1 Å². The van der Waals surface area contributed by atoms with Crippen LogP contribution in [0.15, 0.2) is 30.3 Å². The molecule has 2 atom stereocenters. The van der Waals surface area contributed by atoms with Crippen LogP contribution < -0.4 is 4.90 Å². The van der Waals surface area contributed by atoms with E-state index < -0.39 is 11.7 Å². The van der Waals surface area contributed by atoms with Crippen molar-refractivity contribution in [1.29, 1.82) is 0 Å². The summed E-state index contributed by atoms with van der Waals surface area (Å²) in [5.41, 5.74) is 0.807. The van der Waals surface area contributed by atoms with Gasteiger partial charge in [-0.15, -0.1) is 11.3 Å². The lowest BCUT2D eigenvalue weighted by Crippen LogP contribution is -2.49. The molecule has 3 nitrogen and oxygen atoms in total. The number of benzene rings is 1. The zero-order valence-electron chi connectivity index (χ0n) is 15.9. The third-order valence-corrected chi connectivity index (χ3v) is 6.84. The normalized spacial score (nSPS) is 22.5. The summed E-state index contributed by atoms with van der Waals surface area (Å²) >= 11 is 1.76. The molecule has 2 aromatic rings. The Balaban J connectivity index is 1.38. The largest absolute Gasteiger partial charge is 0.416 e. The van der Waals surface area contributed by atoms with Crippen LogP contribution in [0, 0.1) is 19.8 Å². The van der Waals surface area contributed by atoms with Gasteiger partial charge in [0.05, 0.1) is 5.56 Å². The lowest BCUT2D eigenvalue weighted by Gasteiger charge is -2.37. The second-order valence-electron chi connectivity index (χ2n) is 7.71. The average molecular weight is 408 g/mol. The van der Waals surface area contributed by atoms with E-state index in [4.69, 9.17) is 0 Å². The van der Waals surface area contributed by atoms with Crippen LogP contribution >= 0.6 is 11.3 Å². The third-order valence-electron chi connectivity index (χ3n) is 5.70. The molecule has 1 aromatic carbocycles. The Morgan fingerprint density at radius 2 is 1.79 bits per heavy atom. The molecular weight excluding hydrogens is 385 g/mol. The first-order chi connectivity index (χ1) is 13.2. The van der Waals surface area contributed by atoms with E-state index in [9.17, 15) is 18.0 Å². The molecule has 7 heteroatoms. The number of hydrogen-bond acceptors (Lipinski definition) is 3. The van der Waals surface area contributed by atoms with Crippen LogP contribution in [-0.4, -0.2) is 37.0 Å². The lowest BCUT2D eigenvalue weighted by molar-refractivity contribution is -0.137. The quantitative estimate of drug-likeness (QED) is 0.726. The van der Waals surface area contributed by atoms with Crippen molar-refractivity contribution in [2.24, 2.45) is 5.92 Å². The number of piperazine rings is 1. The zero-order valence-corrected chi connectivity index (χ0v) is 16.7. The first-order valence-electron chi connectivity index (χ1n) is 9.52. The summed E-state index contributed by atoms with van der Waals surface area (Å²) in [6.07, 6.45) is -3.44. The number of anilines is 1. The average Bonchev–Trinajstić information content (AvgIpc) is 3.34. The third kappa shape index (κ3) is 3.77. The highest BCUT2D eigenvalue weighted by atomic mass is 32.1. The van der Waals surface area contributed by atoms with E-state index in [0.29, 0.717) is 37.8 Å². The monoisotopic (exact) mass is 408 g/mol. The Kier molecular flexibility index (Phi) is 4.89. The van der Waals surface area contributed by atoms with Crippen molar-refractivity contribution in [3.05, 3.63) is 51.2 Å². The molecular formula is C21H23F3N2OS. The first kappa shape index (κ1) is 19.3. The number of halogens is 3. The van der Waals surface area contributed by atoms with Gasteiger partial charge in [-0.1, -0.05) is 6.07 Å². The summed E-state index contributed by atoms with van der Waals surface area (Å²) < 4.78 is 39.1. The van der Waals surface area contributed by atoms with Crippen molar-refractivity contribution in [2.75, 3.05) is 31.1 Å². The van der Waals surface area contributed by atoms with Gasteiger partial charge < -0.3 is 9.80 Å². The maximum absolute atomic E-state index is 13.0. The maximum atomic E-state index is 13.0.